The number of aromatic amines is 1. The molecule has 0 saturated heterocycles. The van der Waals surface area contributed by atoms with E-state index in [0.29, 0.717) is 40.4 Å². The Balaban J connectivity index is 1.92. The Morgan fingerprint density at radius 1 is 1.22 bits per heavy atom. The lowest BCUT2D eigenvalue weighted by Crippen LogP contribution is -2.19. The summed E-state index contributed by atoms with van der Waals surface area (Å²) in [6.07, 6.45) is 5.08. The van der Waals surface area contributed by atoms with Crippen LogP contribution >= 0.6 is 0 Å². The average Bonchev–Trinajstić information content (AvgIpc) is 3.00. The number of hydrogen-bond donors (Lipinski definition) is 1. The standard InChI is InChI=1S/C19H17N5O3/c1-11-3-2-10-27-14-6-8-20-17-16(14)24(19(26)22-17)15-5-4-12-13(25)7-9-23(11)18(12)21-15/h4-9,11H,2-3,10H2,1H3,(H,20,22,26)/t11-/m1/s1. The van der Waals surface area contributed by atoms with Crippen molar-refractivity contribution in [1.29, 1.82) is 0 Å². The monoisotopic (exact) mass is 363 g/mol. The third kappa shape index (κ3) is 2.37. The number of fused-ring (bicyclic) bond motifs is 2. The molecule has 5 rings (SSSR count). The summed E-state index contributed by atoms with van der Waals surface area (Å²) in [7, 11) is 0. The van der Waals surface area contributed by atoms with Gasteiger partial charge in [0.2, 0.25) is 0 Å². The number of nitrogens with zero attached hydrogens (tertiary/aromatic N) is 4. The van der Waals surface area contributed by atoms with Crippen LogP contribution in [0, 0.1) is 0 Å². The number of pyridine rings is 3. The first-order valence-electron chi connectivity index (χ1n) is 8.88. The zero-order chi connectivity index (χ0) is 18.5. The molecule has 0 unspecified atom stereocenters. The third-order valence-corrected chi connectivity index (χ3v) is 5.02. The van der Waals surface area contributed by atoms with Crippen molar-refractivity contribution < 1.29 is 4.74 Å². The number of H-pyrrole nitrogens is 1. The molecule has 4 aromatic rings. The predicted molar refractivity (Wildman–Crippen MR) is 101 cm³/mol. The number of ether oxygens (including phenoxy) is 1. The molecule has 0 saturated carbocycles. The van der Waals surface area contributed by atoms with E-state index in [9.17, 15) is 9.59 Å². The third-order valence-electron chi connectivity index (χ3n) is 5.02. The summed E-state index contributed by atoms with van der Waals surface area (Å²) in [6, 6.07) is 6.84. The minimum atomic E-state index is -0.352. The van der Waals surface area contributed by atoms with Crippen LogP contribution in [0.25, 0.3) is 28.0 Å². The molecule has 1 atom stereocenters. The van der Waals surface area contributed by atoms with Crippen LogP contribution in [0.5, 0.6) is 5.75 Å². The molecule has 4 aromatic heterocycles. The fraction of sp³-hybridized carbons (Fsp3) is 0.263. The minimum Gasteiger partial charge on any atom is -0.491 e. The van der Waals surface area contributed by atoms with Gasteiger partial charge < -0.3 is 9.30 Å². The van der Waals surface area contributed by atoms with Crippen LogP contribution < -0.4 is 15.9 Å². The van der Waals surface area contributed by atoms with E-state index in [1.165, 1.54) is 4.57 Å². The lowest BCUT2D eigenvalue weighted by molar-refractivity contribution is 0.297. The van der Waals surface area contributed by atoms with E-state index in [1.807, 2.05) is 4.57 Å². The normalized spacial score (nSPS) is 16.9. The summed E-state index contributed by atoms with van der Waals surface area (Å²) in [6.45, 7) is 2.61. The van der Waals surface area contributed by atoms with Crippen molar-refractivity contribution in [2.75, 3.05) is 6.61 Å². The summed E-state index contributed by atoms with van der Waals surface area (Å²) in [5.74, 6) is 1.00. The molecule has 5 heterocycles. The maximum absolute atomic E-state index is 12.6. The highest BCUT2D eigenvalue weighted by Gasteiger charge is 2.19. The summed E-state index contributed by atoms with van der Waals surface area (Å²) in [5, 5.41) is 0.535. The molecule has 0 fully saturated rings. The molecule has 0 aromatic carbocycles. The zero-order valence-corrected chi connectivity index (χ0v) is 14.7. The molecule has 8 nitrogen and oxygen atoms in total. The van der Waals surface area contributed by atoms with E-state index in [2.05, 4.69) is 21.9 Å². The van der Waals surface area contributed by atoms with Crippen LogP contribution in [0.3, 0.4) is 0 Å². The molecular formula is C19H17N5O3. The van der Waals surface area contributed by atoms with E-state index < -0.39 is 0 Å². The summed E-state index contributed by atoms with van der Waals surface area (Å²) < 4.78 is 9.39. The van der Waals surface area contributed by atoms with Crippen molar-refractivity contribution in [3.8, 4) is 11.6 Å². The van der Waals surface area contributed by atoms with E-state index in [4.69, 9.17) is 4.74 Å². The Bertz CT molecular complexity index is 1300. The molecule has 0 spiro atoms. The van der Waals surface area contributed by atoms with Crippen molar-refractivity contribution in [3.63, 3.8) is 0 Å². The first-order chi connectivity index (χ1) is 13.1. The Hall–Kier alpha value is -3.42. The van der Waals surface area contributed by atoms with Crippen LogP contribution in [0.2, 0.25) is 0 Å². The van der Waals surface area contributed by atoms with E-state index in [-0.39, 0.29) is 17.2 Å². The number of hydrogen-bond acceptors (Lipinski definition) is 5. The fourth-order valence-electron chi connectivity index (χ4n) is 3.65. The minimum absolute atomic E-state index is 0.0865. The van der Waals surface area contributed by atoms with Gasteiger partial charge >= 0.3 is 5.69 Å². The van der Waals surface area contributed by atoms with Gasteiger partial charge in [0.1, 0.15) is 22.7 Å². The van der Waals surface area contributed by atoms with Gasteiger partial charge in [-0.05, 0) is 31.9 Å². The van der Waals surface area contributed by atoms with Gasteiger partial charge in [-0.2, -0.15) is 0 Å². The van der Waals surface area contributed by atoms with E-state index in [1.54, 1.807) is 36.7 Å². The van der Waals surface area contributed by atoms with Crippen molar-refractivity contribution in [2.45, 2.75) is 25.8 Å². The molecule has 8 heteroatoms. The summed E-state index contributed by atoms with van der Waals surface area (Å²) in [5.41, 5.74) is 1.12. The highest BCUT2D eigenvalue weighted by molar-refractivity contribution is 5.81. The number of aromatic nitrogens is 5. The maximum atomic E-state index is 12.6. The lowest BCUT2D eigenvalue weighted by Gasteiger charge is -2.19. The summed E-state index contributed by atoms with van der Waals surface area (Å²) in [4.78, 5) is 36.6. The summed E-state index contributed by atoms with van der Waals surface area (Å²) >= 11 is 0. The average molecular weight is 363 g/mol. The van der Waals surface area contributed by atoms with Gasteiger partial charge in [-0.1, -0.05) is 0 Å². The lowest BCUT2D eigenvalue weighted by atomic mass is 10.1. The fourth-order valence-corrected chi connectivity index (χ4v) is 3.65. The maximum Gasteiger partial charge on any atom is 0.333 e. The van der Waals surface area contributed by atoms with Crippen LogP contribution in [0.4, 0.5) is 0 Å². The highest BCUT2D eigenvalue weighted by atomic mass is 16.5. The van der Waals surface area contributed by atoms with Crippen LogP contribution in [0.1, 0.15) is 25.8 Å². The Morgan fingerprint density at radius 3 is 3.00 bits per heavy atom. The first-order valence-corrected chi connectivity index (χ1v) is 8.88. The molecule has 1 aliphatic rings. The second-order valence-corrected chi connectivity index (χ2v) is 6.74. The molecule has 0 aliphatic carbocycles. The van der Waals surface area contributed by atoms with Crippen LogP contribution in [-0.2, 0) is 0 Å². The number of nitrogens with one attached hydrogen (secondary N) is 1. The zero-order valence-electron chi connectivity index (χ0n) is 14.7. The van der Waals surface area contributed by atoms with Gasteiger partial charge in [0.05, 0.1) is 12.0 Å². The van der Waals surface area contributed by atoms with Gasteiger partial charge in [-0.25, -0.2) is 19.3 Å². The molecular weight excluding hydrogens is 346 g/mol. The topological polar surface area (TPSA) is 94.8 Å². The van der Waals surface area contributed by atoms with E-state index >= 15 is 0 Å². The predicted octanol–water partition coefficient (Wildman–Crippen LogP) is 2.16. The SMILES string of the molecule is C[C@@H]1CCCOc2ccnc3[nH]c(=O)n(c23)-c2ccc3c(=O)ccn1c3n2. The Kier molecular flexibility index (Phi) is 3.40. The highest BCUT2D eigenvalue weighted by Crippen LogP contribution is 2.26. The quantitative estimate of drug-likeness (QED) is 0.517. The second-order valence-electron chi connectivity index (χ2n) is 6.74. The molecule has 136 valence electrons. The molecule has 27 heavy (non-hydrogen) atoms. The smallest absolute Gasteiger partial charge is 0.333 e. The second kappa shape index (κ2) is 5.80. The van der Waals surface area contributed by atoms with Gasteiger partial charge in [-0.3, -0.25) is 9.78 Å². The van der Waals surface area contributed by atoms with Gasteiger partial charge in [0.25, 0.3) is 0 Å². The molecule has 0 amide bonds. The number of rotatable bonds is 0. The van der Waals surface area contributed by atoms with Gasteiger partial charge in [-0.15, -0.1) is 0 Å². The Labute approximate surface area is 153 Å². The first kappa shape index (κ1) is 15.8. The van der Waals surface area contributed by atoms with Crippen molar-refractivity contribution >= 4 is 22.2 Å². The van der Waals surface area contributed by atoms with E-state index in [0.717, 1.165) is 12.8 Å². The van der Waals surface area contributed by atoms with Crippen LogP contribution in [-0.4, -0.2) is 30.7 Å². The van der Waals surface area contributed by atoms with Crippen molar-refractivity contribution in [2.24, 2.45) is 0 Å². The van der Waals surface area contributed by atoms with Crippen LogP contribution in [0.15, 0.2) is 46.2 Å². The molecule has 2 bridgehead atoms. The van der Waals surface area contributed by atoms with Crippen molar-refractivity contribution in [3.05, 3.63) is 57.4 Å². The van der Waals surface area contributed by atoms with Gasteiger partial charge in [0.15, 0.2) is 11.1 Å². The van der Waals surface area contributed by atoms with Crippen molar-refractivity contribution in [1.82, 2.24) is 24.1 Å². The molecule has 1 aliphatic heterocycles. The molecule has 0 radical (unpaired) electrons. The Morgan fingerprint density at radius 2 is 2.11 bits per heavy atom. The molecule has 1 N–H and O–H groups in total. The number of imidazole rings is 1. The van der Waals surface area contributed by atoms with Gasteiger partial charge in [0, 0.05) is 30.6 Å². The largest absolute Gasteiger partial charge is 0.491 e.